The zero-order valence-electron chi connectivity index (χ0n) is 12.7. The fourth-order valence-electron chi connectivity index (χ4n) is 2.89. The van der Waals surface area contributed by atoms with Gasteiger partial charge in [-0.2, -0.15) is 0 Å². The Morgan fingerprint density at radius 1 is 1.29 bits per heavy atom. The first-order valence-corrected chi connectivity index (χ1v) is 7.78. The molecule has 2 fully saturated rings. The van der Waals surface area contributed by atoms with Crippen LogP contribution < -0.4 is 0 Å². The monoisotopic (exact) mass is 292 g/mol. The van der Waals surface area contributed by atoms with Crippen LogP contribution >= 0.6 is 0 Å². The Labute approximate surface area is 125 Å². The van der Waals surface area contributed by atoms with Gasteiger partial charge in [0.25, 0.3) is 0 Å². The molecule has 0 bridgehead atoms. The SMILES string of the molecule is COC(=O)CCN1CCN(Cc2cncn2C2CC2)CC1. The molecular weight excluding hydrogens is 268 g/mol. The minimum atomic E-state index is -0.120. The number of carbonyl (C=O) groups is 1. The van der Waals surface area contributed by atoms with E-state index in [0.29, 0.717) is 12.5 Å². The first-order chi connectivity index (χ1) is 10.3. The van der Waals surface area contributed by atoms with Gasteiger partial charge >= 0.3 is 5.97 Å². The lowest BCUT2D eigenvalue weighted by Gasteiger charge is -2.34. The third-order valence-electron chi connectivity index (χ3n) is 4.40. The molecule has 0 unspecified atom stereocenters. The Morgan fingerprint density at radius 3 is 2.67 bits per heavy atom. The number of carbonyl (C=O) groups excluding carboxylic acids is 1. The molecule has 0 amide bonds. The maximum atomic E-state index is 11.2. The first kappa shape index (κ1) is 14.5. The van der Waals surface area contributed by atoms with Crippen LogP contribution in [0.4, 0.5) is 0 Å². The third-order valence-corrected chi connectivity index (χ3v) is 4.40. The zero-order chi connectivity index (χ0) is 14.7. The molecule has 1 aromatic heterocycles. The van der Waals surface area contributed by atoms with Crippen LogP contribution in [0.3, 0.4) is 0 Å². The van der Waals surface area contributed by atoms with Crippen molar-refractivity contribution in [2.45, 2.75) is 31.8 Å². The van der Waals surface area contributed by atoms with Crippen molar-refractivity contribution < 1.29 is 9.53 Å². The lowest BCUT2D eigenvalue weighted by atomic mass is 10.2. The Balaban J connectivity index is 1.43. The van der Waals surface area contributed by atoms with Gasteiger partial charge in [0.1, 0.15) is 0 Å². The predicted octanol–water partition coefficient (Wildman–Crippen LogP) is 0.899. The first-order valence-electron chi connectivity index (χ1n) is 7.78. The normalized spacial score (nSPS) is 20.6. The molecular formula is C15H24N4O2. The summed E-state index contributed by atoms with van der Waals surface area (Å²) in [6.45, 7) is 5.94. The molecule has 0 N–H and O–H groups in total. The highest BCUT2D eigenvalue weighted by atomic mass is 16.5. The maximum absolute atomic E-state index is 11.2. The summed E-state index contributed by atoms with van der Waals surface area (Å²) < 4.78 is 7.03. The van der Waals surface area contributed by atoms with Crippen LogP contribution in [-0.2, 0) is 16.1 Å². The average Bonchev–Trinajstić information content (AvgIpc) is 3.26. The number of hydrogen-bond donors (Lipinski definition) is 0. The van der Waals surface area contributed by atoms with Crippen molar-refractivity contribution in [3.63, 3.8) is 0 Å². The van der Waals surface area contributed by atoms with Crippen molar-refractivity contribution in [1.82, 2.24) is 19.4 Å². The Morgan fingerprint density at radius 2 is 2.00 bits per heavy atom. The molecule has 1 aliphatic carbocycles. The van der Waals surface area contributed by atoms with Crippen molar-refractivity contribution in [2.75, 3.05) is 39.8 Å². The van der Waals surface area contributed by atoms with Crippen LogP contribution in [0, 0.1) is 0 Å². The summed E-state index contributed by atoms with van der Waals surface area (Å²) in [4.78, 5) is 20.3. The fourth-order valence-corrected chi connectivity index (χ4v) is 2.89. The second-order valence-corrected chi connectivity index (χ2v) is 5.97. The highest BCUT2D eigenvalue weighted by Crippen LogP contribution is 2.35. The van der Waals surface area contributed by atoms with Gasteiger partial charge in [0.2, 0.25) is 0 Å². The third kappa shape index (κ3) is 3.83. The summed E-state index contributed by atoms with van der Waals surface area (Å²) in [6.07, 6.45) is 7.06. The van der Waals surface area contributed by atoms with Crippen molar-refractivity contribution >= 4 is 5.97 Å². The van der Waals surface area contributed by atoms with Gasteiger partial charge in [0.05, 0.1) is 25.6 Å². The molecule has 1 saturated heterocycles. The molecule has 2 heterocycles. The summed E-state index contributed by atoms with van der Waals surface area (Å²) >= 11 is 0. The van der Waals surface area contributed by atoms with E-state index < -0.39 is 0 Å². The number of esters is 1. The molecule has 1 saturated carbocycles. The summed E-state index contributed by atoms with van der Waals surface area (Å²) in [7, 11) is 1.45. The van der Waals surface area contributed by atoms with E-state index in [1.807, 2.05) is 12.5 Å². The van der Waals surface area contributed by atoms with Gasteiger partial charge in [-0.25, -0.2) is 4.98 Å². The smallest absolute Gasteiger partial charge is 0.306 e. The molecule has 116 valence electrons. The number of piperazine rings is 1. The lowest BCUT2D eigenvalue weighted by molar-refractivity contribution is -0.141. The van der Waals surface area contributed by atoms with E-state index >= 15 is 0 Å². The molecule has 3 rings (SSSR count). The largest absolute Gasteiger partial charge is 0.469 e. The molecule has 6 nitrogen and oxygen atoms in total. The van der Waals surface area contributed by atoms with Crippen molar-refractivity contribution in [2.24, 2.45) is 0 Å². The fraction of sp³-hybridized carbons (Fsp3) is 0.733. The number of imidazole rings is 1. The van der Waals surface area contributed by atoms with Gasteiger partial charge in [-0.05, 0) is 12.8 Å². The highest BCUT2D eigenvalue weighted by molar-refractivity contribution is 5.69. The molecule has 0 atom stereocenters. The number of methoxy groups -OCH3 is 1. The Hall–Kier alpha value is -1.40. The van der Waals surface area contributed by atoms with Gasteiger partial charge in [-0.1, -0.05) is 0 Å². The molecule has 2 aliphatic rings. The van der Waals surface area contributed by atoms with E-state index in [1.54, 1.807) is 0 Å². The molecule has 0 radical (unpaired) electrons. The molecule has 1 aliphatic heterocycles. The van der Waals surface area contributed by atoms with Crippen LogP contribution in [0.5, 0.6) is 0 Å². The van der Waals surface area contributed by atoms with Gasteiger partial charge < -0.3 is 14.2 Å². The summed E-state index contributed by atoms with van der Waals surface area (Å²) in [5.41, 5.74) is 1.33. The molecule has 6 heteroatoms. The zero-order valence-corrected chi connectivity index (χ0v) is 12.7. The highest BCUT2D eigenvalue weighted by Gasteiger charge is 2.26. The van der Waals surface area contributed by atoms with Crippen LogP contribution in [0.1, 0.15) is 31.0 Å². The number of rotatable bonds is 6. The standard InChI is InChI=1S/C15H24N4O2/c1-21-15(20)4-5-17-6-8-18(9-7-17)11-14-10-16-12-19(14)13-2-3-13/h10,12-13H,2-9,11H2,1H3. The summed E-state index contributed by atoms with van der Waals surface area (Å²) in [6, 6.07) is 0.698. The second kappa shape index (κ2) is 6.58. The van der Waals surface area contributed by atoms with Crippen molar-refractivity contribution in [3.05, 3.63) is 18.2 Å². The number of ether oxygens (including phenoxy) is 1. The average molecular weight is 292 g/mol. The van der Waals surface area contributed by atoms with Crippen LogP contribution in [0.25, 0.3) is 0 Å². The number of hydrogen-bond acceptors (Lipinski definition) is 5. The van der Waals surface area contributed by atoms with E-state index in [2.05, 4.69) is 24.1 Å². The van der Waals surface area contributed by atoms with Gasteiger partial charge in [-0.15, -0.1) is 0 Å². The summed E-state index contributed by atoms with van der Waals surface area (Å²) in [5.74, 6) is -0.120. The van der Waals surface area contributed by atoms with E-state index in [1.165, 1.54) is 25.6 Å². The van der Waals surface area contributed by atoms with Crippen LogP contribution in [-0.4, -0.2) is 65.2 Å². The molecule has 0 aromatic carbocycles. The topological polar surface area (TPSA) is 50.6 Å². The quantitative estimate of drug-likeness (QED) is 0.729. The number of aromatic nitrogens is 2. The van der Waals surface area contributed by atoms with E-state index in [9.17, 15) is 4.79 Å². The van der Waals surface area contributed by atoms with Crippen LogP contribution in [0.2, 0.25) is 0 Å². The second-order valence-electron chi connectivity index (χ2n) is 5.97. The predicted molar refractivity (Wildman–Crippen MR) is 78.8 cm³/mol. The van der Waals surface area contributed by atoms with E-state index in [4.69, 9.17) is 0 Å². The van der Waals surface area contributed by atoms with E-state index in [0.717, 1.165) is 39.3 Å². The lowest BCUT2D eigenvalue weighted by Crippen LogP contribution is -2.46. The summed E-state index contributed by atoms with van der Waals surface area (Å²) in [5, 5.41) is 0. The number of nitrogens with zero attached hydrogens (tertiary/aromatic N) is 4. The molecule has 21 heavy (non-hydrogen) atoms. The van der Waals surface area contributed by atoms with Crippen LogP contribution in [0.15, 0.2) is 12.5 Å². The van der Waals surface area contributed by atoms with Gasteiger partial charge in [0.15, 0.2) is 0 Å². The molecule has 0 spiro atoms. The molecule has 1 aromatic rings. The Bertz CT molecular complexity index is 476. The van der Waals surface area contributed by atoms with E-state index in [-0.39, 0.29) is 5.97 Å². The van der Waals surface area contributed by atoms with Gasteiger partial charge in [0, 0.05) is 51.5 Å². The van der Waals surface area contributed by atoms with Crippen molar-refractivity contribution in [1.29, 1.82) is 0 Å². The Kier molecular flexibility index (Phi) is 4.55. The van der Waals surface area contributed by atoms with Gasteiger partial charge in [-0.3, -0.25) is 9.69 Å². The maximum Gasteiger partial charge on any atom is 0.306 e. The minimum Gasteiger partial charge on any atom is -0.469 e. The van der Waals surface area contributed by atoms with Crippen molar-refractivity contribution in [3.8, 4) is 0 Å². The minimum absolute atomic E-state index is 0.120.